The maximum atomic E-state index is 11.6. The molecule has 1 saturated heterocycles. The lowest BCUT2D eigenvalue weighted by Crippen LogP contribution is -2.31. The molecule has 3 nitrogen and oxygen atoms in total. The van der Waals surface area contributed by atoms with Crippen LogP contribution in [0.4, 0.5) is 4.39 Å². The highest BCUT2D eigenvalue weighted by Gasteiger charge is 2.26. The molecule has 0 aromatic heterocycles. The maximum absolute atomic E-state index is 11.6. The standard InChI is InChI=1S/C6H12FNO2S/c7-2-3-8-6-1-4-11(9,10)5-6/h6,8H,1-5H2. The molecule has 0 spiro atoms. The molecule has 1 atom stereocenters. The Morgan fingerprint density at radius 1 is 1.55 bits per heavy atom. The molecule has 0 aromatic rings. The molecule has 0 amide bonds. The summed E-state index contributed by atoms with van der Waals surface area (Å²) in [4.78, 5) is 0. The van der Waals surface area contributed by atoms with Crippen LogP contribution in [-0.2, 0) is 9.84 Å². The van der Waals surface area contributed by atoms with Gasteiger partial charge in [-0.3, -0.25) is 0 Å². The van der Waals surface area contributed by atoms with Crippen LogP contribution in [0.2, 0.25) is 0 Å². The molecule has 1 unspecified atom stereocenters. The first-order valence-electron chi connectivity index (χ1n) is 3.64. The van der Waals surface area contributed by atoms with Crippen molar-refractivity contribution in [3.05, 3.63) is 0 Å². The first kappa shape index (κ1) is 8.93. The van der Waals surface area contributed by atoms with E-state index in [0.29, 0.717) is 6.42 Å². The van der Waals surface area contributed by atoms with Crippen LogP contribution in [0.15, 0.2) is 0 Å². The van der Waals surface area contributed by atoms with E-state index in [1.54, 1.807) is 0 Å². The number of halogens is 1. The Kier molecular flexibility index (Phi) is 2.84. The fourth-order valence-electron chi connectivity index (χ4n) is 1.21. The molecule has 0 bridgehead atoms. The van der Waals surface area contributed by atoms with Gasteiger partial charge < -0.3 is 5.32 Å². The molecule has 0 saturated carbocycles. The van der Waals surface area contributed by atoms with Gasteiger partial charge in [0.25, 0.3) is 0 Å². The zero-order valence-electron chi connectivity index (χ0n) is 6.22. The third-order valence-corrected chi connectivity index (χ3v) is 3.53. The second-order valence-electron chi connectivity index (χ2n) is 2.74. The number of hydrogen-bond acceptors (Lipinski definition) is 3. The fraction of sp³-hybridized carbons (Fsp3) is 1.00. The first-order chi connectivity index (χ1) is 5.14. The summed E-state index contributed by atoms with van der Waals surface area (Å²) in [6.45, 7) is -0.170. The van der Waals surface area contributed by atoms with Crippen LogP contribution in [0, 0.1) is 0 Å². The molecule has 1 heterocycles. The zero-order chi connectivity index (χ0) is 8.32. The Morgan fingerprint density at radius 3 is 2.73 bits per heavy atom. The van der Waals surface area contributed by atoms with E-state index in [9.17, 15) is 12.8 Å². The summed E-state index contributed by atoms with van der Waals surface area (Å²) in [6.07, 6.45) is 0.627. The quantitative estimate of drug-likeness (QED) is 0.652. The Bertz CT molecular complexity index is 215. The zero-order valence-corrected chi connectivity index (χ0v) is 7.03. The predicted octanol–water partition coefficient (Wildman–Crippen LogP) is -0.267. The van der Waals surface area contributed by atoms with Crippen LogP contribution in [0.5, 0.6) is 0 Å². The van der Waals surface area contributed by atoms with E-state index in [0.717, 1.165) is 0 Å². The fourth-order valence-corrected chi connectivity index (χ4v) is 2.92. The molecular weight excluding hydrogens is 169 g/mol. The van der Waals surface area contributed by atoms with Gasteiger partial charge in [0, 0.05) is 12.6 Å². The Hall–Kier alpha value is -0.160. The highest BCUT2D eigenvalue weighted by molar-refractivity contribution is 7.91. The lowest BCUT2D eigenvalue weighted by molar-refractivity contribution is 0.441. The molecule has 1 fully saturated rings. The van der Waals surface area contributed by atoms with Crippen molar-refractivity contribution in [1.82, 2.24) is 5.32 Å². The summed E-state index contributed by atoms with van der Waals surface area (Å²) in [5.41, 5.74) is 0. The Labute approximate surface area is 65.9 Å². The van der Waals surface area contributed by atoms with Crippen molar-refractivity contribution in [3.8, 4) is 0 Å². The van der Waals surface area contributed by atoms with Gasteiger partial charge in [-0.25, -0.2) is 12.8 Å². The molecule has 0 aromatic carbocycles. The Morgan fingerprint density at radius 2 is 2.27 bits per heavy atom. The minimum absolute atomic E-state index is 0.0178. The average Bonchev–Trinajstić information content (AvgIpc) is 2.26. The monoisotopic (exact) mass is 181 g/mol. The molecule has 66 valence electrons. The minimum Gasteiger partial charge on any atom is -0.310 e. The van der Waals surface area contributed by atoms with Gasteiger partial charge in [-0.1, -0.05) is 0 Å². The number of alkyl halides is 1. The number of nitrogens with one attached hydrogen (secondary N) is 1. The highest BCUT2D eigenvalue weighted by atomic mass is 32.2. The number of sulfone groups is 1. The van der Waals surface area contributed by atoms with E-state index < -0.39 is 16.5 Å². The summed E-state index contributed by atoms with van der Waals surface area (Å²) in [6, 6.07) is -0.0178. The summed E-state index contributed by atoms with van der Waals surface area (Å²) in [7, 11) is -2.81. The molecule has 11 heavy (non-hydrogen) atoms. The molecule has 1 rings (SSSR count). The lowest BCUT2D eigenvalue weighted by atomic mass is 10.3. The SMILES string of the molecule is O=S1(=O)CCC(NCCF)C1. The topological polar surface area (TPSA) is 46.2 Å². The van der Waals surface area contributed by atoms with Crippen LogP contribution in [0.25, 0.3) is 0 Å². The summed E-state index contributed by atoms with van der Waals surface area (Å²) in [5, 5.41) is 2.83. The van der Waals surface area contributed by atoms with Gasteiger partial charge in [0.15, 0.2) is 9.84 Å². The van der Waals surface area contributed by atoms with E-state index in [1.807, 2.05) is 0 Å². The Balaban J connectivity index is 2.31. The van der Waals surface area contributed by atoms with Gasteiger partial charge in [-0.2, -0.15) is 0 Å². The molecule has 1 aliphatic rings. The predicted molar refractivity (Wildman–Crippen MR) is 41.0 cm³/mol. The third kappa shape index (κ3) is 2.75. The molecule has 5 heteroatoms. The van der Waals surface area contributed by atoms with Gasteiger partial charge >= 0.3 is 0 Å². The van der Waals surface area contributed by atoms with E-state index in [1.165, 1.54) is 0 Å². The molecule has 0 aliphatic carbocycles. The molecule has 0 radical (unpaired) electrons. The maximum Gasteiger partial charge on any atom is 0.151 e. The van der Waals surface area contributed by atoms with Crippen molar-refractivity contribution in [2.45, 2.75) is 12.5 Å². The largest absolute Gasteiger partial charge is 0.310 e. The number of rotatable bonds is 3. The minimum atomic E-state index is -2.81. The normalized spacial score (nSPS) is 29.0. The van der Waals surface area contributed by atoms with Crippen molar-refractivity contribution < 1.29 is 12.8 Å². The van der Waals surface area contributed by atoms with Gasteiger partial charge in [0.2, 0.25) is 0 Å². The number of hydrogen-bond donors (Lipinski definition) is 1. The third-order valence-electron chi connectivity index (χ3n) is 1.76. The van der Waals surface area contributed by atoms with Crippen LogP contribution >= 0.6 is 0 Å². The van der Waals surface area contributed by atoms with Crippen LogP contribution in [-0.4, -0.2) is 39.2 Å². The summed E-state index contributed by atoms with van der Waals surface area (Å²) in [5.74, 6) is 0.421. The molecular formula is C6H12FNO2S. The van der Waals surface area contributed by atoms with Crippen molar-refractivity contribution in [3.63, 3.8) is 0 Å². The van der Waals surface area contributed by atoms with Gasteiger partial charge in [0.05, 0.1) is 11.5 Å². The second-order valence-corrected chi connectivity index (χ2v) is 4.97. The summed E-state index contributed by atoms with van der Waals surface area (Å²) >= 11 is 0. The van der Waals surface area contributed by atoms with Gasteiger partial charge in [0.1, 0.15) is 6.67 Å². The molecule has 1 N–H and O–H groups in total. The van der Waals surface area contributed by atoms with E-state index in [2.05, 4.69) is 5.32 Å². The van der Waals surface area contributed by atoms with Crippen LogP contribution < -0.4 is 5.32 Å². The van der Waals surface area contributed by atoms with Gasteiger partial charge in [-0.05, 0) is 6.42 Å². The first-order valence-corrected chi connectivity index (χ1v) is 5.46. The average molecular weight is 181 g/mol. The molecule has 1 aliphatic heterocycles. The van der Waals surface area contributed by atoms with Crippen molar-refractivity contribution >= 4 is 9.84 Å². The van der Waals surface area contributed by atoms with Crippen LogP contribution in [0.3, 0.4) is 0 Å². The lowest BCUT2D eigenvalue weighted by Gasteiger charge is -2.06. The van der Waals surface area contributed by atoms with Gasteiger partial charge in [-0.15, -0.1) is 0 Å². The van der Waals surface area contributed by atoms with Crippen molar-refractivity contribution in [1.29, 1.82) is 0 Å². The van der Waals surface area contributed by atoms with E-state index >= 15 is 0 Å². The van der Waals surface area contributed by atoms with Crippen molar-refractivity contribution in [2.75, 3.05) is 24.7 Å². The smallest absolute Gasteiger partial charge is 0.151 e. The van der Waals surface area contributed by atoms with E-state index in [-0.39, 0.29) is 24.1 Å². The van der Waals surface area contributed by atoms with E-state index in [4.69, 9.17) is 0 Å². The highest BCUT2D eigenvalue weighted by Crippen LogP contribution is 2.10. The summed E-state index contributed by atoms with van der Waals surface area (Å²) < 4.78 is 33.4. The second kappa shape index (κ2) is 3.49. The van der Waals surface area contributed by atoms with Crippen molar-refractivity contribution in [2.24, 2.45) is 0 Å². The van der Waals surface area contributed by atoms with Crippen LogP contribution in [0.1, 0.15) is 6.42 Å².